The quantitative estimate of drug-likeness (QED) is 0.797. The van der Waals surface area contributed by atoms with Crippen LogP contribution in [0.5, 0.6) is 0 Å². The van der Waals surface area contributed by atoms with Crippen LogP contribution in [0.2, 0.25) is 0 Å². The van der Waals surface area contributed by atoms with E-state index in [2.05, 4.69) is 50.4 Å². The monoisotopic (exact) mass is 287 g/mol. The molecule has 116 valence electrons. The Morgan fingerprint density at radius 3 is 2.52 bits per heavy atom. The molecule has 1 unspecified atom stereocenters. The minimum absolute atomic E-state index is 0.526. The van der Waals surface area contributed by atoms with E-state index in [9.17, 15) is 0 Å². The van der Waals surface area contributed by atoms with Crippen molar-refractivity contribution in [2.75, 3.05) is 6.54 Å². The van der Waals surface area contributed by atoms with Crippen LogP contribution in [0.15, 0.2) is 24.3 Å². The van der Waals surface area contributed by atoms with E-state index < -0.39 is 0 Å². The zero-order valence-electron chi connectivity index (χ0n) is 13.9. The smallest absolute Gasteiger partial charge is 0.0718 e. The van der Waals surface area contributed by atoms with Gasteiger partial charge in [-0.15, -0.1) is 0 Å². The van der Waals surface area contributed by atoms with Crippen LogP contribution < -0.4 is 5.32 Å². The van der Waals surface area contributed by atoms with Crippen molar-refractivity contribution in [3.05, 3.63) is 30.0 Å². The van der Waals surface area contributed by atoms with Crippen LogP contribution in [0.1, 0.15) is 45.7 Å². The Hall–Kier alpha value is -1.35. The number of aryl methyl sites for hydroxylation is 1. The maximum absolute atomic E-state index is 4.77. The molecule has 0 bridgehead atoms. The summed E-state index contributed by atoms with van der Waals surface area (Å²) in [5.74, 6) is 0.720. The number of hydrogen-bond donors (Lipinski definition) is 1. The molecule has 2 aromatic rings. The van der Waals surface area contributed by atoms with E-state index in [0.717, 1.165) is 18.9 Å². The van der Waals surface area contributed by atoms with Crippen LogP contribution in [0, 0.1) is 5.92 Å². The standard InChI is InChI=1S/C18H29N3/c1-5-12-19-16(14(6-2)7-3)13-17-15-10-8-9-11-18(15)21(4)20-17/h8-11,14,16,19H,5-7,12-13H2,1-4H3. The average Bonchev–Trinajstić information content (AvgIpc) is 2.82. The fraction of sp³-hybridized carbons (Fsp3) is 0.611. The van der Waals surface area contributed by atoms with Crippen molar-refractivity contribution in [2.45, 2.75) is 52.5 Å². The Kier molecular flexibility index (Phi) is 5.80. The van der Waals surface area contributed by atoms with Gasteiger partial charge in [-0.05, 0) is 24.9 Å². The molecule has 0 fully saturated rings. The second kappa shape index (κ2) is 7.60. The van der Waals surface area contributed by atoms with Gasteiger partial charge in [-0.1, -0.05) is 51.8 Å². The number of nitrogens with one attached hydrogen (secondary N) is 1. The number of nitrogens with zero attached hydrogens (tertiary/aromatic N) is 2. The molecule has 2 rings (SSSR count). The third kappa shape index (κ3) is 3.65. The van der Waals surface area contributed by atoms with E-state index in [1.54, 1.807) is 0 Å². The molecule has 0 radical (unpaired) electrons. The molecule has 0 aliphatic rings. The lowest BCUT2D eigenvalue weighted by atomic mass is 9.90. The summed E-state index contributed by atoms with van der Waals surface area (Å²) in [5.41, 5.74) is 2.46. The lowest BCUT2D eigenvalue weighted by Gasteiger charge is -2.26. The summed E-state index contributed by atoms with van der Waals surface area (Å²) in [6, 6.07) is 9.07. The zero-order valence-corrected chi connectivity index (χ0v) is 13.9. The SMILES string of the molecule is CCCNC(Cc1nn(C)c2ccccc12)C(CC)CC. The molecule has 0 amide bonds. The van der Waals surface area contributed by atoms with Crippen LogP contribution >= 0.6 is 0 Å². The Morgan fingerprint density at radius 1 is 1.14 bits per heavy atom. The van der Waals surface area contributed by atoms with Gasteiger partial charge in [0.2, 0.25) is 0 Å². The highest BCUT2D eigenvalue weighted by molar-refractivity contribution is 5.81. The lowest BCUT2D eigenvalue weighted by molar-refractivity contribution is 0.330. The van der Waals surface area contributed by atoms with E-state index in [0.29, 0.717) is 6.04 Å². The van der Waals surface area contributed by atoms with Gasteiger partial charge in [0, 0.05) is 24.9 Å². The Bertz CT molecular complexity index is 555. The Morgan fingerprint density at radius 2 is 1.86 bits per heavy atom. The van der Waals surface area contributed by atoms with Gasteiger partial charge >= 0.3 is 0 Å². The summed E-state index contributed by atoms with van der Waals surface area (Å²) in [7, 11) is 2.04. The third-order valence-electron chi connectivity index (χ3n) is 4.52. The third-order valence-corrected chi connectivity index (χ3v) is 4.52. The van der Waals surface area contributed by atoms with Gasteiger partial charge < -0.3 is 5.32 Å². The molecular formula is C18H29N3. The predicted octanol–water partition coefficient (Wildman–Crippen LogP) is 3.92. The zero-order chi connectivity index (χ0) is 15.2. The molecule has 1 heterocycles. The topological polar surface area (TPSA) is 29.9 Å². The molecule has 1 aromatic carbocycles. The molecule has 1 atom stereocenters. The van der Waals surface area contributed by atoms with Crippen LogP contribution in [-0.4, -0.2) is 22.4 Å². The number of fused-ring (bicyclic) bond motifs is 1. The first kappa shape index (κ1) is 16.0. The van der Waals surface area contributed by atoms with E-state index in [-0.39, 0.29) is 0 Å². The van der Waals surface area contributed by atoms with Crippen LogP contribution in [0.3, 0.4) is 0 Å². The average molecular weight is 287 g/mol. The molecular weight excluding hydrogens is 258 g/mol. The molecule has 0 aliphatic carbocycles. The van der Waals surface area contributed by atoms with Gasteiger partial charge in [0.25, 0.3) is 0 Å². The molecule has 1 aromatic heterocycles. The fourth-order valence-electron chi connectivity index (χ4n) is 3.24. The Labute approximate surface area is 128 Å². The summed E-state index contributed by atoms with van der Waals surface area (Å²) in [6.07, 6.45) is 4.65. The van der Waals surface area contributed by atoms with E-state index in [1.165, 1.54) is 35.9 Å². The highest BCUT2D eigenvalue weighted by Crippen LogP contribution is 2.22. The molecule has 3 heteroatoms. The summed E-state index contributed by atoms with van der Waals surface area (Å²) in [5, 5.41) is 9.81. The second-order valence-corrected chi connectivity index (χ2v) is 5.93. The van der Waals surface area contributed by atoms with Gasteiger partial charge in [-0.3, -0.25) is 4.68 Å². The molecule has 21 heavy (non-hydrogen) atoms. The van der Waals surface area contributed by atoms with Crippen molar-refractivity contribution in [3.63, 3.8) is 0 Å². The number of benzene rings is 1. The fourth-order valence-corrected chi connectivity index (χ4v) is 3.24. The number of rotatable bonds is 8. The van der Waals surface area contributed by atoms with Gasteiger partial charge in [-0.25, -0.2) is 0 Å². The largest absolute Gasteiger partial charge is 0.313 e. The first-order chi connectivity index (χ1) is 10.2. The molecule has 1 N–H and O–H groups in total. The molecule has 0 aliphatic heterocycles. The van der Waals surface area contributed by atoms with Crippen molar-refractivity contribution in [3.8, 4) is 0 Å². The van der Waals surface area contributed by atoms with E-state index in [1.807, 2.05) is 11.7 Å². The summed E-state index contributed by atoms with van der Waals surface area (Å²) in [4.78, 5) is 0. The van der Waals surface area contributed by atoms with Crippen LogP contribution in [-0.2, 0) is 13.5 Å². The van der Waals surface area contributed by atoms with Crippen molar-refractivity contribution < 1.29 is 0 Å². The highest BCUT2D eigenvalue weighted by atomic mass is 15.3. The summed E-state index contributed by atoms with van der Waals surface area (Å²) >= 11 is 0. The van der Waals surface area contributed by atoms with Crippen molar-refractivity contribution in [1.29, 1.82) is 0 Å². The van der Waals surface area contributed by atoms with Crippen LogP contribution in [0.4, 0.5) is 0 Å². The first-order valence-electron chi connectivity index (χ1n) is 8.35. The van der Waals surface area contributed by atoms with Crippen molar-refractivity contribution in [1.82, 2.24) is 15.1 Å². The molecule has 0 saturated carbocycles. The predicted molar refractivity (Wildman–Crippen MR) is 90.6 cm³/mol. The second-order valence-electron chi connectivity index (χ2n) is 5.93. The van der Waals surface area contributed by atoms with Crippen LogP contribution in [0.25, 0.3) is 10.9 Å². The van der Waals surface area contributed by atoms with Crippen molar-refractivity contribution >= 4 is 10.9 Å². The maximum atomic E-state index is 4.77. The lowest BCUT2D eigenvalue weighted by Crippen LogP contribution is -2.38. The normalized spacial score (nSPS) is 13.2. The molecule has 0 spiro atoms. The van der Waals surface area contributed by atoms with Crippen molar-refractivity contribution in [2.24, 2.45) is 13.0 Å². The summed E-state index contributed by atoms with van der Waals surface area (Å²) < 4.78 is 2.01. The number of hydrogen-bond acceptors (Lipinski definition) is 2. The molecule has 0 saturated heterocycles. The summed E-state index contributed by atoms with van der Waals surface area (Å²) in [6.45, 7) is 7.91. The first-order valence-corrected chi connectivity index (χ1v) is 8.35. The number of aromatic nitrogens is 2. The number of para-hydroxylation sites is 1. The maximum Gasteiger partial charge on any atom is 0.0718 e. The minimum atomic E-state index is 0.526. The minimum Gasteiger partial charge on any atom is -0.313 e. The van der Waals surface area contributed by atoms with E-state index >= 15 is 0 Å². The van der Waals surface area contributed by atoms with Gasteiger partial charge in [0.05, 0.1) is 11.2 Å². The van der Waals surface area contributed by atoms with Gasteiger partial charge in [0.15, 0.2) is 0 Å². The Balaban J connectivity index is 2.25. The highest BCUT2D eigenvalue weighted by Gasteiger charge is 2.21. The van der Waals surface area contributed by atoms with E-state index in [4.69, 9.17) is 5.10 Å². The molecule has 3 nitrogen and oxygen atoms in total. The van der Waals surface area contributed by atoms with Gasteiger partial charge in [-0.2, -0.15) is 5.10 Å². The van der Waals surface area contributed by atoms with Gasteiger partial charge in [0.1, 0.15) is 0 Å².